The number of nitrogens with zero attached hydrogens (tertiary/aromatic N) is 6. The largest absolute Gasteiger partial charge is 0.378 e. The summed E-state index contributed by atoms with van der Waals surface area (Å²) >= 11 is 0. The number of carbonyl (C=O) groups is 1. The highest BCUT2D eigenvalue weighted by Crippen LogP contribution is 2.16. The van der Waals surface area contributed by atoms with E-state index in [4.69, 9.17) is 5.73 Å². The average molecular weight is 344 g/mol. The lowest BCUT2D eigenvalue weighted by Gasteiger charge is -2.02. The van der Waals surface area contributed by atoms with Crippen molar-refractivity contribution in [3.63, 3.8) is 0 Å². The number of carbonyl (C=O) groups excluding carboxylic acids is 1. The number of hydrogen-bond acceptors (Lipinski definition) is 8. The molecule has 128 valence electrons. The number of benzene rings is 1. The first-order valence-corrected chi connectivity index (χ1v) is 7.22. The Labute approximate surface area is 140 Å². The Balaban J connectivity index is 1.80. The molecule has 0 aliphatic rings. The maximum atomic E-state index is 13.5. The van der Waals surface area contributed by atoms with Gasteiger partial charge < -0.3 is 5.73 Å². The molecule has 2 heterocycles. The lowest BCUT2D eigenvalue weighted by atomic mass is 10.2. The van der Waals surface area contributed by atoms with Crippen molar-refractivity contribution < 1.29 is 13.8 Å². The molecule has 3 aromatic rings. The fraction of sp³-hybridized carbons (Fsp3) is 0.143. The first-order chi connectivity index (χ1) is 12.1. The summed E-state index contributed by atoms with van der Waals surface area (Å²) in [4.78, 5) is 12.2. The van der Waals surface area contributed by atoms with Crippen LogP contribution in [0.25, 0.3) is 5.82 Å². The van der Waals surface area contributed by atoms with E-state index in [0.29, 0.717) is 12.1 Å². The zero-order valence-corrected chi connectivity index (χ0v) is 13.0. The summed E-state index contributed by atoms with van der Waals surface area (Å²) in [6.45, 7) is 1.80. The van der Waals surface area contributed by atoms with Crippen LogP contribution in [0.1, 0.15) is 28.7 Å². The van der Waals surface area contributed by atoms with Gasteiger partial charge >= 0.3 is 0 Å². The Morgan fingerprint density at radius 3 is 2.92 bits per heavy atom. The maximum absolute atomic E-state index is 13.5. The quantitative estimate of drug-likeness (QED) is 0.513. The van der Waals surface area contributed by atoms with Gasteiger partial charge in [-0.3, -0.25) is 4.79 Å². The normalized spacial score (nSPS) is 11.1. The second kappa shape index (κ2) is 6.86. The monoisotopic (exact) mass is 344 g/mol. The number of nitrogens with one attached hydrogen (secondary N) is 1. The molecule has 3 rings (SSSR count). The fourth-order valence-corrected chi connectivity index (χ4v) is 2.10. The first-order valence-electron chi connectivity index (χ1n) is 7.22. The third-order valence-corrected chi connectivity index (χ3v) is 3.28. The molecule has 1 aromatic carbocycles. The van der Waals surface area contributed by atoms with Gasteiger partial charge in [-0.2, -0.15) is 9.78 Å². The minimum Gasteiger partial charge on any atom is -0.378 e. The van der Waals surface area contributed by atoms with Crippen molar-refractivity contribution in [1.82, 2.24) is 30.7 Å². The number of amides is 1. The lowest BCUT2D eigenvalue weighted by molar-refractivity contribution is 0.0949. The zero-order chi connectivity index (χ0) is 17.8. The van der Waals surface area contributed by atoms with Crippen molar-refractivity contribution in [1.29, 1.82) is 0 Å². The summed E-state index contributed by atoms with van der Waals surface area (Å²) in [7, 11) is 0. The Morgan fingerprint density at radius 2 is 2.24 bits per heavy atom. The van der Waals surface area contributed by atoms with E-state index in [1.807, 2.05) is 0 Å². The summed E-state index contributed by atoms with van der Waals surface area (Å²) in [6, 6.07) is 6.03. The number of aromatic nitrogens is 5. The van der Waals surface area contributed by atoms with Crippen LogP contribution in [0.2, 0.25) is 0 Å². The van der Waals surface area contributed by atoms with Crippen LogP contribution < -0.4 is 11.2 Å². The molecular weight excluding hydrogens is 331 g/mol. The van der Waals surface area contributed by atoms with Gasteiger partial charge in [0, 0.05) is 5.56 Å². The van der Waals surface area contributed by atoms with Crippen molar-refractivity contribution in [2.75, 3.05) is 5.73 Å². The van der Waals surface area contributed by atoms with Crippen LogP contribution >= 0.6 is 0 Å². The maximum Gasteiger partial charge on any atom is 0.293 e. The third-order valence-electron chi connectivity index (χ3n) is 3.28. The molecule has 0 fully saturated rings. The predicted octanol–water partition coefficient (Wildman–Crippen LogP) is 0.698. The van der Waals surface area contributed by atoms with Gasteiger partial charge in [0.25, 0.3) is 5.91 Å². The highest BCUT2D eigenvalue weighted by molar-refractivity contribution is 5.94. The summed E-state index contributed by atoms with van der Waals surface area (Å²) in [5, 5.41) is 18.5. The van der Waals surface area contributed by atoms with Crippen molar-refractivity contribution in [2.45, 2.75) is 13.3 Å². The molecule has 3 N–H and O–H groups in total. The van der Waals surface area contributed by atoms with Crippen LogP contribution in [0, 0.1) is 5.82 Å². The van der Waals surface area contributed by atoms with Crippen molar-refractivity contribution in [3.8, 4) is 5.82 Å². The van der Waals surface area contributed by atoms with E-state index in [0.717, 1.165) is 0 Å². The first kappa shape index (κ1) is 16.2. The number of rotatable bonds is 5. The SMILES string of the molecule is CCc1c(C(=O)N/N=C/c2ccccc2F)nnn1-c1nonc1N. The molecule has 0 spiro atoms. The van der Waals surface area contributed by atoms with E-state index >= 15 is 0 Å². The molecule has 11 heteroatoms. The number of hydrazone groups is 1. The molecule has 2 aromatic heterocycles. The Kier molecular flexibility index (Phi) is 4.46. The van der Waals surface area contributed by atoms with Gasteiger partial charge in [-0.15, -0.1) is 5.10 Å². The molecule has 0 radical (unpaired) electrons. The Hall–Kier alpha value is -3.63. The van der Waals surface area contributed by atoms with E-state index in [1.54, 1.807) is 19.1 Å². The van der Waals surface area contributed by atoms with Gasteiger partial charge in [-0.25, -0.2) is 14.4 Å². The molecule has 10 nitrogen and oxygen atoms in total. The van der Waals surface area contributed by atoms with Crippen molar-refractivity contribution in [3.05, 3.63) is 47.0 Å². The van der Waals surface area contributed by atoms with Gasteiger partial charge in [0.05, 0.1) is 11.9 Å². The topological polar surface area (TPSA) is 137 Å². The Morgan fingerprint density at radius 1 is 1.44 bits per heavy atom. The highest BCUT2D eigenvalue weighted by atomic mass is 19.1. The highest BCUT2D eigenvalue weighted by Gasteiger charge is 2.22. The number of anilines is 1. The molecule has 0 aliphatic carbocycles. The van der Waals surface area contributed by atoms with Crippen LogP contribution in [-0.2, 0) is 6.42 Å². The molecule has 0 saturated heterocycles. The smallest absolute Gasteiger partial charge is 0.293 e. The van der Waals surface area contributed by atoms with Gasteiger partial charge in [0.15, 0.2) is 5.69 Å². The number of nitrogen functional groups attached to an aromatic ring is 1. The van der Waals surface area contributed by atoms with E-state index < -0.39 is 11.7 Å². The zero-order valence-electron chi connectivity index (χ0n) is 13.0. The molecular formula is C14H13FN8O2. The van der Waals surface area contributed by atoms with Crippen LogP contribution in [0.15, 0.2) is 34.0 Å². The van der Waals surface area contributed by atoms with E-state index in [2.05, 4.69) is 35.8 Å². The van der Waals surface area contributed by atoms with Gasteiger partial charge in [-0.05, 0) is 22.8 Å². The van der Waals surface area contributed by atoms with Gasteiger partial charge in [0.2, 0.25) is 11.6 Å². The molecule has 0 saturated carbocycles. The minimum atomic E-state index is -0.606. The average Bonchev–Trinajstić information content (AvgIpc) is 3.21. The van der Waals surface area contributed by atoms with Gasteiger partial charge in [-0.1, -0.05) is 30.3 Å². The molecule has 0 unspecified atom stereocenters. The predicted molar refractivity (Wildman–Crippen MR) is 84.5 cm³/mol. The summed E-state index contributed by atoms with van der Waals surface area (Å²) < 4.78 is 19.3. The summed E-state index contributed by atoms with van der Waals surface area (Å²) in [6.07, 6.45) is 1.61. The van der Waals surface area contributed by atoms with E-state index in [-0.39, 0.29) is 22.9 Å². The van der Waals surface area contributed by atoms with Crippen LogP contribution in [0.5, 0.6) is 0 Å². The number of halogens is 1. The molecule has 1 amide bonds. The molecule has 0 bridgehead atoms. The number of hydrogen-bond donors (Lipinski definition) is 2. The molecule has 0 atom stereocenters. The summed E-state index contributed by atoms with van der Waals surface area (Å²) in [5.41, 5.74) is 8.63. The minimum absolute atomic E-state index is 0.0177. The van der Waals surface area contributed by atoms with Crippen molar-refractivity contribution in [2.24, 2.45) is 5.10 Å². The van der Waals surface area contributed by atoms with Crippen LogP contribution in [0.3, 0.4) is 0 Å². The summed E-state index contributed by atoms with van der Waals surface area (Å²) in [5.74, 6) is -0.900. The third kappa shape index (κ3) is 3.20. The molecule has 25 heavy (non-hydrogen) atoms. The van der Waals surface area contributed by atoms with Crippen LogP contribution in [0.4, 0.5) is 10.2 Å². The molecule has 0 aliphatic heterocycles. The van der Waals surface area contributed by atoms with Crippen LogP contribution in [-0.4, -0.2) is 37.4 Å². The lowest BCUT2D eigenvalue weighted by Crippen LogP contribution is -2.20. The fourth-order valence-electron chi connectivity index (χ4n) is 2.10. The Bertz CT molecular complexity index is 933. The van der Waals surface area contributed by atoms with E-state index in [9.17, 15) is 9.18 Å². The van der Waals surface area contributed by atoms with E-state index in [1.165, 1.54) is 23.0 Å². The second-order valence-electron chi connectivity index (χ2n) is 4.84. The van der Waals surface area contributed by atoms with Gasteiger partial charge in [0.1, 0.15) is 5.82 Å². The van der Waals surface area contributed by atoms with Crippen molar-refractivity contribution >= 4 is 17.9 Å². The standard InChI is InChI=1S/C14H13FN8O2/c1-2-10-11(18-22-23(10)13-12(16)20-25-21-13)14(24)19-17-7-8-5-3-4-6-9(8)15/h3-7H,2H2,1H3,(H2,16,20)(H,19,24)/b17-7+. The second-order valence-corrected chi connectivity index (χ2v) is 4.84. The number of nitrogens with two attached hydrogens (primary N) is 1.